The highest BCUT2D eigenvalue weighted by Gasteiger charge is 2.18. The molecule has 5 nitrogen and oxygen atoms in total. The van der Waals surface area contributed by atoms with Crippen LogP contribution in [0.4, 0.5) is 5.69 Å². The maximum absolute atomic E-state index is 10.7. The molecule has 0 saturated heterocycles. The molecule has 4 N–H and O–H groups in total. The zero-order valence-corrected chi connectivity index (χ0v) is 13.0. The van der Waals surface area contributed by atoms with Gasteiger partial charge in [-0.1, -0.05) is 25.5 Å². The first-order valence-corrected chi connectivity index (χ1v) is 7.85. The van der Waals surface area contributed by atoms with Crippen molar-refractivity contribution in [3.8, 4) is 0 Å². The van der Waals surface area contributed by atoms with Crippen LogP contribution in [0.2, 0.25) is 0 Å². The molecule has 0 radical (unpaired) electrons. The second-order valence-corrected chi connectivity index (χ2v) is 6.21. The lowest BCUT2D eigenvalue weighted by atomic mass is 9.98. The molecule has 0 bridgehead atoms. The summed E-state index contributed by atoms with van der Waals surface area (Å²) in [5, 5.41) is 13.5. The average molecular weight is 300 g/mol. The SMILES string of the molecule is CCCC(C)(C)NC[C@H](O)c1cccc(NS(=O)O)c1. The van der Waals surface area contributed by atoms with Gasteiger partial charge in [-0.25, -0.2) is 4.21 Å². The molecular formula is C14H24N2O3S. The maximum Gasteiger partial charge on any atom is 0.259 e. The topological polar surface area (TPSA) is 81.6 Å². The molecule has 0 heterocycles. The molecular weight excluding hydrogens is 276 g/mol. The Morgan fingerprint density at radius 2 is 2.10 bits per heavy atom. The Bertz CT molecular complexity index is 452. The fourth-order valence-corrected chi connectivity index (χ4v) is 2.44. The molecule has 2 atom stereocenters. The fourth-order valence-electron chi connectivity index (χ4n) is 2.11. The van der Waals surface area contributed by atoms with Gasteiger partial charge in [-0.2, -0.15) is 0 Å². The normalized spacial score (nSPS) is 14.8. The van der Waals surface area contributed by atoms with Crippen molar-refractivity contribution in [3.63, 3.8) is 0 Å². The van der Waals surface area contributed by atoms with Gasteiger partial charge in [0.2, 0.25) is 0 Å². The molecule has 0 aliphatic carbocycles. The number of aliphatic hydroxyl groups is 1. The highest BCUT2D eigenvalue weighted by atomic mass is 32.2. The first-order valence-electron chi connectivity index (χ1n) is 6.74. The van der Waals surface area contributed by atoms with E-state index in [1.165, 1.54) is 0 Å². The summed E-state index contributed by atoms with van der Waals surface area (Å²) in [6.07, 6.45) is 1.46. The van der Waals surface area contributed by atoms with E-state index in [-0.39, 0.29) is 5.54 Å². The summed E-state index contributed by atoms with van der Waals surface area (Å²) in [5.74, 6) is 0. The van der Waals surface area contributed by atoms with Crippen LogP contribution in [0.3, 0.4) is 0 Å². The lowest BCUT2D eigenvalue weighted by molar-refractivity contribution is 0.159. The van der Waals surface area contributed by atoms with Crippen LogP contribution in [-0.2, 0) is 11.3 Å². The van der Waals surface area contributed by atoms with E-state index in [1.54, 1.807) is 24.3 Å². The number of anilines is 1. The van der Waals surface area contributed by atoms with Gasteiger partial charge in [-0.05, 0) is 38.0 Å². The predicted molar refractivity (Wildman–Crippen MR) is 82.8 cm³/mol. The Kier molecular flexibility index (Phi) is 6.61. The molecule has 0 amide bonds. The van der Waals surface area contributed by atoms with Crippen molar-refractivity contribution in [1.82, 2.24) is 5.32 Å². The minimum atomic E-state index is -2.11. The minimum absolute atomic E-state index is 0.0157. The molecule has 114 valence electrons. The number of benzene rings is 1. The number of nitrogens with one attached hydrogen (secondary N) is 2. The smallest absolute Gasteiger partial charge is 0.259 e. The van der Waals surface area contributed by atoms with Crippen molar-refractivity contribution in [3.05, 3.63) is 29.8 Å². The van der Waals surface area contributed by atoms with Gasteiger partial charge in [0.1, 0.15) is 0 Å². The third-order valence-corrected chi connectivity index (χ3v) is 3.54. The van der Waals surface area contributed by atoms with Crippen LogP contribution >= 0.6 is 0 Å². The van der Waals surface area contributed by atoms with Gasteiger partial charge >= 0.3 is 0 Å². The van der Waals surface area contributed by atoms with Crippen LogP contribution in [0.15, 0.2) is 24.3 Å². The molecule has 0 aliphatic heterocycles. The third-order valence-electron chi connectivity index (χ3n) is 3.13. The lowest BCUT2D eigenvalue weighted by Crippen LogP contribution is -2.41. The largest absolute Gasteiger partial charge is 0.387 e. The van der Waals surface area contributed by atoms with Crippen LogP contribution in [0.25, 0.3) is 0 Å². The summed E-state index contributed by atoms with van der Waals surface area (Å²) < 4.78 is 21.9. The molecule has 6 heteroatoms. The number of hydrogen-bond acceptors (Lipinski definition) is 3. The van der Waals surface area contributed by atoms with E-state index in [9.17, 15) is 9.32 Å². The lowest BCUT2D eigenvalue weighted by Gasteiger charge is -2.27. The van der Waals surface area contributed by atoms with Gasteiger partial charge in [0.25, 0.3) is 11.3 Å². The van der Waals surface area contributed by atoms with Gasteiger partial charge in [0, 0.05) is 17.8 Å². The Labute approximate surface area is 123 Å². The Hall–Kier alpha value is -0.950. The predicted octanol–water partition coefficient (Wildman–Crippen LogP) is 2.44. The molecule has 1 rings (SSSR count). The molecule has 0 aliphatic rings. The van der Waals surface area contributed by atoms with E-state index in [1.807, 2.05) is 0 Å². The summed E-state index contributed by atoms with van der Waals surface area (Å²) in [6.45, 7) is 6.79. The fraction of sp³-hybridized carbons (Fsp3) is 0.571. The summed E-state index contributed by atoms with van der Waals surface area (Å²) >= 11 is -2.11. The standard InChI is InChI=1S/C14H24N2O3S/c1-4-8-14(2,3)15-10-13(17)11-6-5-7-12(9-11)16-20(18)19/h5-7,9,13,15-17H,4,8,10H2,1-3H3,(H,18,19)/t13-/m0/s1. The van der Waals surface area contributed by atoms with Crippen molar-refractivity contribution in [1.29, 1.82) is 0 Å². The Morgan fingerprint density at radius 1 is 1.40 bits per heavy atom. The summed E-state index contributed by atoms with van der Waals surface area (Å²) in [6, 6.07) is 6.89. The van der Waals surface area contributed by atoms with Crippen molar-refractivity contribution >= 4 is 17.0 Å². The van der Waals surface area contributed by atoms with Crippen LogP contribution in [-0.4, -0.2) is 26.0 Å². The van der Waals surface area contributed by atoms with E-state index in [2.05, 4.69) is 30.8 Å². The van der Waals surface area contributed by atoms with Gasteiger partial charge in [-0.15, -0.1) is 0 Å². The number of β-amino-alcohol motifs (C(OH)–C–C–N with tert-alkyl or cyclic N) is 1. The minimum Gasteiger partial charge on any atom is -0.387 e. The molecule has 0 spiro atoms. The van der Waals surface area contributed by atoms with Crippen molar-refractivity contribution in [2.75, 3.05) is 11.3 Å². The highest BCUT2D eigenvalue weighted by molar-refractivity contribution is 7.80. The monoisotopic (exact) mass is 300 g/mol. The van der Waals surface area contributed by atoms with Crippen LogP contribution in [0.5, 0.6) is 0 Å². The summed E-state index contributed by atoms with van der Waals surface area (Å²) in [7, 11) is 0. The third kappa shape index (κ3) is 6.00. The Morgan fingerprint density at radius 3 is 2.70 bits per heavy atom. The number of hydrogen-bond donors (Lipinski definition) is 4. The molecule has 0 saturated carbocycles. The second kappa shape index (κ2) is 7.73. The summed E-state index contributed by atoms with van der Waals surface area (Å²) in [5.41, 5.74) is 1.20. The molecule has 1 unspecified atom stereocenters. The van der Waals surface area contributed by atoms with E-state index in [4.69, 9.17) is 4.55 Å². The van der Waals surface area contributed by atoms with E-state index in [0.29, 0.717) is 17.8 Å². The van der Waals surface area contributed by atoms with E-state index >= 15 is 0 Å². The van der Waals surface area contributed by atoms with Gasteiger partial charge < -0.3 is 10.4 Å². The first-order chi connectivity index (χ1) is 9.34. The molecule has 0 aromatic heterocycles. The molecule has 1 aromatic rings. The average Bonchev–Trinajstić information content (AvgIpc) is 2.35. The van der Waals surface area contributed by atoms with Gasteiger partial charge in [0.15, 0.2) is 0 Å². The van der Waals surface area contributed by atoms with E-state index < -0.39 is 17.4 Å². The molecule has 1 aromatic carbocycles. The van der Waals surface area contributed by atoms with Crippen molar-refractivity contribution in [2.24, 2.45) is 0 Å². The van der Waals surface area contributed by atoms with Crippen LogP contribution in [0.1, 0.15) is 45.3 Å². The second-order valence-electron chi connectivity index (χ2n) is 5.51. The molecule has 20 heavy (non-hydrogen) atoms. The first kappa shape index (κ1) is 17.1. The zero-order chi connectivity index (χ0) is 15.2. The zero-order valence-electron chi connectivity index (χ0n) is 12.2. The highest BCUT2D eigenvalue weighted by Crippen LogP contribution is 2.19. The van der Waals surface area contributed by atoms with Crippen molar-refractivity contribution < 1.29 is 13.9 Å². The van der Waals surface area contributed by atoms with E-state index in [0.717, 1.165) is 12.8 Å². The van der Waals surface area contributed by atoms with Gasteiger partial charge in [0.05, 0.1) is 6.10 Å². The van der Waals surface area contributed by atoms with Crippen molar-refractivity contribution in [2.45, 2.75) is 45.3 Å². The molecule has 0 fully saturated rings. The van der Waals surface area contributed by atoms with Crippen LogP contribution < -0.4 is 10.0 Å². The summed E-state index contributed by atoms with van der Waals surface area (Å²) in [4.78, 5) is 0. The Balaban J connectivity index is 2.63. The maximum atomic E-state index is 10.7. The van der Waals surface area contributed by atoms with Gasteiger partial charge in [-0.3, -0.25) is 9.27 Å². The van der Waals surface area contributed by atoms with Crippen LogP contribution in [0, 0.1) is 0 Å². The number of aliphatic hydroxyl groups excluding tert-OH is 1. The number of rotatable bonds is 8. The quantitative estimate of drug-likeness (QED) is 0.556.